The van der Waals surface area contributed by atoms with Crippen LogP contribution >= 0.6 is 0 Å². The SMILES string of the molecule is CON1CCN(C2(C#N)CCCCC2)CC1. The van der Waals surface area contributed by atoms with Gasteiger partial charge < -0.3 is 4.84 Å². The Kier molecular flexibility index (Phi) is 3.80. The molecular formula is C12H21N3O. The van der Waals surface area contributed by atoms with Gasteiger partial charge in [0.1, 0.15) is 5.54 Å². The van der Waals surface area contributed by atoms with Gasteiger partial charge in [0.05, 0.1) is 13.2 Å². The summed E-state index contributed by atoms with van der Waals surface area (Å²) in [4.78, 5) is 7.59. The van der Waals surface area contributed by atoms with E-state index in [2.05, 4.69) is 11.0 Å². The third-order valence-electron chi connectivity index (χ3n) is 3.99. The standard InChI is InChI=1S/C12H21N3O/c1-16-15-9-7-14(8-10-15)12(11-13)5-3-2-4-6-12/h2-10H2,1H3. The van der Waals surface area contributed by atoms with Crippen LogP contribution in [0.2, 0.25) is 0 Å². The van der Waals surface area contributed by atoms with Crippen molar-refractivity contribution in [3.63, 3.8) is 0 Å². The maximum atomic E-state index is 9.48. The average Bonchev–Trinajstić information content (AvgIpc) is 2.39. The number of hydroxylamine groups is 2. The summed E-state index contributed by atoms with van der Waals surface area (Å²) in [5.74, 6) is 0. The van der Waals surface area contributed by atoms with Crippen molar-refractivity contribution in [2.24, 2.45) is 0 Å². The Morgan fingerprint density at radius 2 is 1.69 bits per heavy atom. The molecular weight excluding hydrogens is 202 g/mol. The number of nitrogens with zero attached hydrogens (tertiary/aromatic N) is 3. The molecule has 4 nitrogen and oxygen atoms in total. The van der Waals surface area contributed by atoms with Gasteiger partial charge in [0, 0.05) is 26.2 Å². The van der Waals surface area contributed by atoms with Gasteiger partial charge in [0.25, 0.3) is 0 Å². The Labute approximate surface area is 97.7 Å². The van der Waals surface area contributed by atoms with Crippen molar-refractivity contribution in [3.8, 4) is 6.07 Å². The Morgan fingerprint density at radius 3 is 2.19 bits per heavy atom. The molecule has 1 saturated heterocycles. The van der Waals surface area contributed by atoms with E-state index in [0.717, 1.165) is 39.0 Å². The molecule has 2 rings (SSSR count). The summed E-state index contributed by atoms with van der Waals surface area (Å²) >= 11 is 0. The summed E-state index contributed by atoms with van der Waals surface area (Å²) in [6.45, 7) is 3.75. The van der Waals surface area contributed by atoms with E-state index in [1.807, 2.05) is 5.06 Å². The van der Waals surface area contributed by atoms with Crippen LogP contribution in [0.3, 0.4) is 0 Å². The molecule has 0 amide bonds. The van der Waals surface area contributed by atoms with Gasteiger partial charge in [-0.25, -0.2) is 0 Å². The highest BCUT2D eigenvalue weighted by Gasteiger charge is 2.39. The number of piperazine rings is 1. The second-order valence-corrected chi connectivity index (χ2v) is 4.80. The minimum atomic E-state index is -0.169. The maximum Gasteiger partial charge on any atom is 0.109 e. The third kappa shape index (κ3) is 2.22. The van der Waals surface area contributed by atoms with Crippen LogP contribution in [0.25, 0.3) is 0 Å². The fourth-order valence-corrected chi connectivity index (χ4v) is 2.93. The molecule has 0 N–H and O–H groups in total. The molecule has 90 valence electrons. The highest BCUT2D eigenvalue weighted by Crippen LogP contribution is 2.33. The fourth-order valence-electron chi connectivity index (χ4n) is 2.93. The smallest absolute Gasteiger partial charge is 0.109 e. The number of nitriles is 1. The van der Waals surface area contributed by atoms with Crippen molar-refractivity contribution < 1.29 is 4.84 Å². The van der Waals surface area contributed by atoms with Crippen molar-refractivity contribution in [2.45, 2.75) is 37.6 Å². The average molecular weight is 223 g/mol. The zero-order valence-corrected chi connectivity index (χ0v) is 10.1. The van der Waals surface area contributed by atoms with Gasteiger partial charge in [-0.15, -0.1) is 0 Å². The van der Waals surface area contributed by atoms with Gasteiger partial charge >= 0.3 is 0 Å². The lowest BCUT2D eigenvalue weighted by Gasteiger charge is -2.45. The van der Waals surface area contributed by atoms with Crippen LogP contribution in [0.5, 0.6) is 0 Å². The zero-order valence-electron chi connectivity index (χ0n) is 10.1. The Balaban J connectivity index is 1.98. The maximum absolute atomic E-state index is 9.48. The number of rotatable bonds is 2. The molecule has 2 fully saturated rings. The molecule has 0 aromatic carbocycles. The first-order valence-corrected chi connectivity index (χ1v) is 6.26. The third-order valence-corrected chi connectivity index (χ3v) is 3.99. The largest absolute Gasteiger partial charge is 0.302 e. The van der Waals surface area contributed by atoms with Crippen LogP contribution in [0.15, 0.2) is 0 Å². The summed E-state index contributed by atoms with van der Waals surface area (Å²) in [6, 6.07) is 2.59. The van der Waals surface area contributed by atoms with Crippen molar-refractivity contribution in [3.05, 3.63) is 0 Å². The molecule has 2 aliphatic rings. The molecule has 0 bridgehead atoms. The van der Waals surface area contributed by atoms with Gasteiger partial charge in [-0.1, -0.05) is 19.3 Å². The van der Waals surface area contributed by atoms with E-state index >= 15 is 0 Å². The summed E-state index contributed by atoms with van der Waals surface area (Å²) in [5, 5.41) is 11.5. The predicted octanol–water partition coefficient (Wildman–Crippen LogP) is 1.39. The van der Waals surface area contributed by atoms with Gasteiger partial charge in [0.15, 0.2) is 0 Å². The molecule has 0 aromatic rings. The normalized spacial score (nSPS) is 27.5. The molecule has 0 atom stereocenters. The van der Waals surface area contributed by atoms with Crippen LogP contribution in [-0.2, 0) is 4.84 Å². The Hall–Kier alpha value is -0.630. The summed E-state index contributed by atoms with van der Waals surface area (Å²) in [7, 11) is 1.72. The van der Waals surface area contributed by atoms with Crippen molar-refractivity contribution >= 4 is 0 Å². The van der Waals surface area contributed by atoms with Gasteiger partial charge in [-0.3, -0.25) is 4.90 Å². The molecule has 0 unspecified atom stereocenters. The predicted molar refractivity (Wildman–Crippen MR) is 61.6 cm³/mol. The van der Waals surface area contributed by atoms with E-state index in [0.29, 0.717) is 0 Å². The summed E-state index contributed by atoms with van der Waals surface area (Å²) in [6.07, 6.45) is 5.81. The summed E-state index contributed by atoms with van der Waals surface area (Å²) < 4.78 is 0. The topological polar surface area (TPSA) is 39.5 Å². The minimum Gasteiger partial charge on any atom is -0.302 e. The highest BCUT2D eigenvalue weighted by atomic mass is 16.7. The highest BCUT2D eigenvalue weighted by molar-refractivity contribution is 5.10. The molecule has 0 aromatic heterocycles. The summed E-state index contributed by atoms with van der Waals surface area (Å²) in [5.41, 5.74) is -0.169. The Morgan fingerprint density at radius 1 is 1.06 bits per heavy atom. The molecule has 0 spiro atoms. The molecule has 4 heteroatoms. The van der Waals surface area contributed by atoms with E-state index in [4.69, 9.17) is 4.84 Å². The van der Waals surface area contributed by atoms with E-state index in [-0.39, 0.29) is 5.54 Å². The van der Waals surface area contributed by atoms with E-state index in [1.54, 1.807) is 7.11 Å². The lowest BCUT2D eigenvalue weighted by molar-refractivity contribution is -0.159. The number of hydrogen-bond donors (Lipinski definition) is 0. The molecule has 16 heavy (non-hydrogen) atoms. The monoisotopic (exact) mass is 223 g/mol. The molecule has 1 aliphatic carbocycles. The minimum absolute atomic E-state index is 0.169. The fraction of sp³-hybridized carbons (Fsp3) is 0.917. The number of hydrogen-bond acceptors (Lipinski definition) is 4. The molecule has 0 radical (unpaired) electrons. The first-order chi connectivity index (χ1) is 7.80. The van der Waals surface area contributed by atoms with E-state index in [9.17, 15) is 5.26 Å². The van der Waals surface area contributed by atoms with Crippen molar-refractivity contribution in [1.29, 1.82) is 5.26 Å². The Bertz CT molecular complexity index is 260. The van der Waals surface area contributed by atoms with Crippen LogP contribution in [0.1, 0.15) is 32.1 Å². The zero-order chi connectivity index (χ0) is 11.4. The van der Waals surface area contributed by atoms with Gasteiger partial charge in [-0.05, 0) is 12.8 Å². The van der Waals surface area contributed by atoms with Crippen LogP contribution in [-0.4, -0.2) is 48.8 Å². The lowest BCUT2D eigenvalue weighted by atomic mass is 9.81. The van der Waals surface area contributed by atoms with Gasteiger partial charge in [0.2, 0.25) is 0 Å². The molecule has 1 heterocycles. The molecule has 1 aliphatic heterocycles. The van der Waals surface area contributed by atoms with Crippen molar-refractivity contribution in [1.82, 2.24) is 9.96 Å². The van der Waals surface area contributed by atoms with E-state index in [1.165, 1.54) is 19.3 Å². The lowest BCUT2D eigenvalue weighted by Crippen LogP contribution is -2.57. The first-order valence-electron chi connectivity index (χ1n) is 6.26. The quantitative estimate of drug-likeness (QED) is 0.709. The molecule has 1 saturated carbocycles. The first kappa shape index (κ1) is 11.8. The van der Waals surface area contributed by atoms with Crippen LogP contribution < -0.4 is 0 Å². The van der Waals surface area contributed by atoms with Crippen molar-refractivity contribution in [2.75, 3.05) is 33.3 Å². The second kappa shape index (κ2) is 5.13. The van der Waals surface area contributed by atoms with Crippen LogP contribution in [0.4, 0.5) is 0 Å². The second-order valence-electron chi connectivity index (χ2n) is 4.80. The van der Waals surface area contributed by atoms with Crippen LogP contribution in [0, 0.1) is 11.3 Å². The van der Waals surface area contributed by atoms with E-state index < -0.39 is 0 Å². The van der Waals surface area contributed by atoms with Gasteiger partial charge in [-0.2, -0.15) is 10.3 Å².